The van der Waals surface area contributed by atoms with Gasteiger partial charge in [-0.2, -0.15) is 0 Å². The van der Waals surface area contributed by atoms with Crippen LogP contribution in [0.2, 0.25) is 0 Å². The molecule has 2 N–H and O–H groups in total. The van der Waals surface area contributed by atoms with Crippen molar-refractivity contribution in [3.8, 4) is 0 Å². The van der Waals surface area contributed by atoms with E-state index < -0.39 is 5.97 Å². The Balaban J connectivity index is 1.72. The third-order valence-electron chi connectivity index (χ3n) is 3.61. The van der Waals surface area contributed by atoms with Crippen LogP contribution in [0.3, 0.4) is 0 Å². The lowest BCUT2D eigenvalue weighted by molar-refractivity contribution is -0.142. The summed E-state index contributed by atoms with van der Waals surface area (Å²) >= 11 is 4.90. The SMILES string of the molecule is O=C(CSc1cccc(Br)c1)NC1CCC(C(=O)O)CC1. The summed E-state index contributed by atoms with van der Waals surface area (Å²) in [5.41, 5.74) is 0. The molecule has 1 aliphatic carbocycles. The summed E-state index contributed by atoms with van der Waals surface area (Å²) in [7, 11) is 0. The van der Waals surface area contributed by atoms with E-state index in [0.717, 1.165) is 22.2 Å². The number of carbonyl (C=O) groups is 2. The number of aliphatic carboxylic acids is 1. The molecule has 21 heavy (non-hydrogen) atoms. The maximum absolute atomic E-state index is 11.9. The first-order valence-electron chi connectivity index (χ1n) is 6.95. The summed E-state index contributed by atoms with van der Waals surface area (Å²) in [5, 5.41) is 11.9. The minimum atomic E-state index is -0.718. The van der Waals surface area contributed by atoms with Crippen molar-refractivity contribution < 1.29 is 14.7 Å². The zero-order valence-corrected chi connectivity index (χ0v) is 14.0. The van der Waals surface area contributed by atoms with Gasteiger partial charge in [0, 0.05) is 15.4 Å². The summed E-state index contributed by atoms with van der Waals surface area (Å²) in [5.74, 6) is -0.562. The predicted molar refractivity (Wildman–Crippen MR) is 86.4 cm³/mol. The quantitative estimate of drug-likeness (QED) is 0.779. The number of carboxylic acid groups (broad SMARTS) is 1. The van der Waals surface area contributed by atoms with Crippen LogP contribution in [-0.4, -0.2) is 28.8 Å². The number of carboxylic acids is 1. The third kappa shape index (κ3) is 5.36. The zero-order valence-electron chi connectivity index (χ0n) is 11.5. The molecule has 0 saturated heterocycles. The smallest absolute Gasteiger partial charge is 0.306 e. The fourth-order valence-electron chi connectivity index (χ4n) is 2.46. The fraction of sp³-hybridized carbons (Fsp3) is 0.467. The lowest BCUT2D eigenvalue weighted by Crippen LogP contribution is -2.39. The molecule has 0 heterocycles. The predicted octanol–water partition coefficient (Wildman–Crippen LogP) is 3.30. The molecule has 4 nitrogen and oxygen atoms in total. The number of carbonyl (C=O) groups excluding carboxylic acids is 1. The van der Waals surface area contributed by atoms with Crippen LogP contribution >= 0.6 is 27.7 Å². The number of nitrogens with one attached hydrogen (secondary N) is 1. The summed E-state index contributed by atoms with van der Waals surface area (Å²) in [6.07, 6.45) is 2.81. The van der Waals surface area contributed by atoms with Crippen molar-refractivity contribution >= 4 is 39.6 Å². The average molecular weight is 372 g/mol. The monoisotopic (exact) mass is 371 g/mol. The lowest BCUT2D eigenvalue weighted by Gasteiger charge is -2.26. The van der Waals surface area contributed by atoms with Gasteiger partial charge in [-0.05, 0) is 43.9 Å². The van der Waals surface area contributed by atoms with Gasteiger partial charge in [-0.15, -0.1) is 11.8 Å². The number of halogens is 1. The van der Waals surface area contributed by atoms with E-state index in [1.54, 1.807) is 0 Å². The highest BCUT2D eigenvalue weighted by Gasteiger charge is 2.26. The molecule has 1 aliphatic rings. The van der Waals surface area contributed by atoms with Crippen molar-refractivity contribution in [2.75, 3.05) is 5.75 Å². The molecule has 0 aromatic heterocycles. The first-order chi connectivity index (χ1) is 10.0. The van der Waals surface area contributed by atoms with Gasteiger partial charge in [-0.25, -0.2) is 0 Å². The highest BCUT2D eigenvalue weighted by atomic mass is 79.9. The van der Waals surface area contributed by atoms with E-state index in [1.165, 1.54) is 11.8 Å². The second-order valence-electron chi connectivity index (χ2n) is 5.20. The van der Waals surface area contributed by atoms with Crippen LogP contribution in [-0.2, 0) is 9.59 Å². The largest absolute Gasteiger partial charge is 0.481 e. The van der Waals surface area contributed by atoms with Gasteiger partial charge in [0.2, 0.25) is 5.91 Å². The molecule has 0 spiro atoms. The molecule has 1 saturated carbocycles. The summed E-state index contributed by atoms with van der Waals surface area (Å²) in [6, 6.07) is 7.97. The van der Waals surface area contributed by atoms with Crippen molar-refractivity contribution in [3.63, 3.8) is 0 Å². The van der Waals surface area contributed by atoms with Crippen LogP contribution in [0.25, 0.3) is 0 Å². The normalized spacial score (nSPS) is 21.8. The van der Waals surface area contributed by atoms with Gasteiger partial charge in [0.25, 0.3) is 0 Å². The van der Waals surface area contributed by atoms with E-state index in [0.29, 0.717) is 18.6 Å². The molecular weight excluding hydrogens is 354 g/mol. The minimum absolute atomic E-state index is 0.0127. The Labute approximate surface area is 136 Å². The van der Waals surface area contributed by atoms with E-state index in [9.17, 15) is 9.59 Å². The maximum Gasteiger partial charge on any atom is 0.306 e. The molecule has 1 fully saturated rings. The van der Waals surface area contributed by atoms with Gasteiger partial charge in [0.15, 0.2) is 0 Å². The molecule has 0 bridgehead atoms. The Morgan fingerprint density at radius 2 is 2.00 bits per heavy atom. The Bertz CT molecular complexity index is 515. The standard InChI is InChI=1S/C15H18BrNO3S/c16-11-2-1-3-13(8-11)21-9-14(18)17-12-6-4-10(5-7-12)15(19)20/h1-3,8,10,12H,4-7,9H2,(H,17,18)(H,19,20). The van der Waals surface area contributed by atoms with E-state index >= 15 is 0 Å². The first kappa shape index (κ1) is 16.4. The fourth-order valence-corrected chi connectivity index (χ4v) is 3.78. The summed E-state index contributed by atoms with van der Waals surface area (Å²) in [6.45, 7) is 0. The van der Waals surface area contributed by atoms with Crippen LogP contribution in [0, 0.1) is 5.92 Å². The Hall–Kier alpha value is -1.01. The third-order valence-corrected chi connectivity index (χ3v) is 5.09. The molecule has 0 atom stereocenters. The van der Waals surface area contributed by atoms with Crippen LogP contribution in [0.5, 0.6) is 0 Å². The zero-order chi connectivity index (χ0) is 15.2. The Morgan fingerprint density at radius 3 is 2.62 bits per heavy atom. The van der Waals surface area contributed by atoms with Gasteiger partial charge in [0.05, 0.1) is 11.7 Å². The Kier molecular flexibility index (Phi) is 6.11. The molecule has 0 radical (unpaired) electrons. The van der Waals surface area contributed by atoms with Crippen molar-refractivity contribution in [3.05, 3.63) is 28.7 Å². The number of hydrogen-bond donors (Lipinski definition) is 2. The summed E-state index contributed by atoms with van der Waals surface area (Å²) < 4.78 is 1.000. The second kappa shape index (κ2) is 7.84. The second-order valence-corrected chi connectivity index (χ2v) is 7.16. The molecule has 2 rings (SSSR count). The first-order valence-corrected chi connectivity index (χ1v) is 8.73. The summed E-state index contributed by atoms with van der Waals surface area (Å²) in [4.78, 5) is 23.9. The molecular formula is C15H18BrNO3S. The van der Waals surface area contributed by atoms with Crippen LogP contribution in [0.15, 0.2) is 33.6 Å². The van der Waals surface area contributed by atoms with E-state index in [4.69, 9.17) is 5.11 Å². The van der Waals surface area contributed by atoms with Crippen LogP contribution in [0.1, 0.15) is 25.7 Å². The molecule has 1 aromatic carbocycles. The van der Waals surface area contributed by atoms with Crippen molar-refractivity contribution in [1.82, 2.24) is 5.32 Å². The van der Waals surface area contributed by atoms with E-state index in [-0.39, 0.29) is 17.9 Å². The van der Waals surface area contributed by atoms with Crippen LogP contribution < -0.4 is 5.32 Å². The number of thioether (sulfide) groups is 1. The van der Waals surface area contributed by atoms with Crippen molar-refractivity contribution in [2.45, 2.75) is 36.6 Å². The van der Waals surface area contributed by atoms with Gasteiger partial charge in [-0.1, -0.05) is 22.0 Å². The van der Waals surface area contributed by atoms with E-state index in [1.807, 2.05) is 24.3 Å². The molecule has 0 unspecified atom stereocenters. The minimum Gasteiger partial charge on any atom is -0.481 e. The van der Waals surface area contributed by atoms with Crippen molar-refractivity contribution in [1.29, 1.82) is 0 Å². The van der Waals surface area contributed by atoms with E-state index in [2.05, 4.69) is 21.2 Å². The van der Waals surface area contributed by atoms with Crippen molar-refractivity contribution in [2.24, 2.45) is 5.92 Å². The molecule has 6 heteroatoms. The molecule has 114 valence electrons. The van der Waals surface area contributed by atoms with Gasteiger partial charge < -0.3 is 10.4 Å². The molecule has 0 aliphatic heterocycles. The van der Waals surface area contributed by atoms with Gasteiger partial charge in [0.1, 0.15) is 0 Å². The highest BCUT2D eigenvalue weighted by Crippen LogP contribution is 2.25. The molecule has 1 amide bonds. The lowest BCUT2D eigenvalue weighted by atomic mass is 9.86. The van der Waals surface area contributed by atoms with Crippen LogP contribution in [0.4, 0.5) is 0 Å². The average Bonchev–Trinajstić information content (AvgIpc) is 2.46. The number of rotatable bonds is 5. The Morgan fingerprint density at radius 1 is 1.29 bits per heavy atom. The van der Waals surface area contributed by atoms with Gasteiger partial charge in [-0.3, -0.25) is 9.59 Å². The number of hydrogen-bond acceptors (Lipinski definition) is 3. The topological polar surface area (TPSA) is 66.4 Å². The molecule has 1 aromatic rings. The maximum atomic E-state index is 11.9. The van der Waals surface area contributed by atoms with Gasteiger partial charge >= 0.3 is 5.97 Å². The number of benzene rings is 1. The number of amides is 1. The highest BCUT2D eigenvalue weighted by molar-refractivity contribution is 9.10.